The third-order valence-electron chi connectivity index (χ3n) is 3.12. The topological polar surface area (TPSA) is 95.8 Å². The zero-order chi connectivity index (χ0) is 17.2. The van der Waals surface area contributed by atoms with Gasteiger partial charge < -0.3 is 5.11 Å². The van der Waals surface area contributed by atoms with E-state index in [1.807, 2.05) is 0 Å². The van der Waals surface area contributed by atoms with Crippen molar-refractivity contribution in [1.29, 1.82) is 0 Å². The fourth-order valence-corrected chi connectivity index (χ4v) is 3.97. The molecular weight excluding hydrogens is 348 g/mol. The summed E-state index contributed by atoms with van der Waals surface area (Å²) in [7, 11) is -3.90. The summed E-state index contributed by atoms with van der Waals surface area (Å²) >= 11 is 0.904. The number of phenolic OH excluding ortho intramolecular Hbond substituents is 1. The van der Waals surface area contributed by atoms with Crippen molar-refractivity contribution in [1.82, 2.24) is 5.32 Å². The number of hydrogen-bond acceptors (Lipinski definition) is 5. The van der Waals surface area contributed by atoms with Crippen LogP contribution in [-0.4, -0.2) is 24.6 Å². The van der Waals surface area contributed by atoms with E-state index in [1.165, 1.54) is 24.3 Å². The molecule has 0 aromatic heterocycles. The van der Waals surface area contributed by atoms with Gasteiger partial charge in [0.2, 0.25) is 0 Å². The van der Waals surface area contributed by atoms with Gasteiger partial charge in [-0.05, 0) is 36.0 Å². The highest BCUT2D eigenvalue weighted by atomic mass is 32.2. The van der Waals surface area contributed by atoms with Gasteiger partial charge in [-0.3, -0.25) is 10.1 Å². The van der Waals surface area contributed by atoms with Gasteiger partial charge in [0, 0.05) is 5.56 Å². The SMILES string of the molecule is O=C1N/C(=N\S(=O)(=O)c2ccccc2)SC1=Cc1ccccc1O. The van der Waals surface area contributed by atoms with Gasteiger partial charge >= 0.3 is 0 Å². The number of rotatable bonds is 3. The number of nitrogens with zero attached hydrogens (tertiary/aromatic N) is 1. The highest BCUT2D eigenvalue weighted by Crippen LogP contribution is 2.29. The number of benzene rings is 2. The molecule has 1 fully saturated rings. The maximum absolute atomic E-state index is 12.2. The fraction of sp³-hybridized carbons (Fsp3) is 0. The van der Waals surface area contributed by atoms with E-state index < -0.39 is 15.9 Å². The molecule has 0 bridgehead atoms. The number of thioether (sulfide) groups is 1. The summed E-state index contributed by atoms with van der Waals surface area (Å²) in [6, 6.07) is 14.3. The Hall–Kier alpha value is -2.58. The Kier molecular flexibility index (Phi) is 4.41. The molecule has 8 heteroatoms. The first-order valence-corrected chi connectivity index (χ1v) is 9.10. The first-order valence-electron chi connectivity index (χ1n) is 6.85. The summed E-state index contributed by atoms with van der Waals surface area (Å²) < 4.78 is 28.1. The number of aromatic hydroxyl groups is 1. The summed E-state index contributed by atoms with van der Waals surface area (Å²) in [6.07, 6.45) is 1.48. The molecule has 1 saturated heterocycles. The third-order valence-corrected chi connectivity index (χ3v) is 5.43. The van der Waals surface area contributed by atoms with Crippen molar-refractivity contribution in [2.24, 2.45) is 4.40 Å². The van der Waals surface area contributed by atoms with Crippen LogP contribution in [-0.2, 0) is 14.8 Å². The van der Waals surface area contributed by atoms with E-state index >= 15 is 0 Å². The number of amidine groups is 1. The summed E-state index contributed by atoms with van der Waals surface area (Å²) in [5, 5.41) is 12.1. The van der Waals surface area contributed by atoms with Crippen LogP contribution in [0.1, 0.15) is 5.56 Å². The molecule has 1 aliphatic heterocycles. The molecule has 6 nitrogen and oxygen atoms in total. The van der Waals surface area contributed by atoms with Crippen molar-refractivity contribution >= 4 is 38.9 Å². The zero-order valence-electron chi connectivity index (χ0n) is 12.2. The Morgan fingerprint density at radius 2 is 1.71 bits per heavy atom. The second kappa shape index (κ2) is 6.50. The highest BCUT2D eigenvalue weighted by Gasteiger charge is 2.26. The van der Waals surface area contributed by atoms with Crippen LogP contribution >= 0.6 is 11.8 Å². The minimum Gasteiger partial charge on any atom is -0.507 e. The molecule has 1 aliphatic rings. The van der Waals surface area contributed by atoms with Crippen molar-refractivity contribution in [2.75, 3.05) is 0 Å². The van der Waals surface area contributed by atoms with Crippen molar-refractivity contribution in [3.8, 4) is 5.75 Å². The minimum absolute atomic E-state index is 0.0227. The quantitative estimate of drug-likeness (QED) is 0.819. The van der Waals surface area contributed by atoms with E-state index in [0.717, 1.165) is 11.8 Å². The van der Waals surface area contributed by atoms with E-state index in [9.17, 15) is 18.3 Å². The molecule has 1 amide bonds. The highest BCUT2D eigenvalue weighted by molar-refractivity contribution is 8.19. The number of para-hydroxylation sites is 1. The first kappa shape index (κ1) is 16.3. The van der Waals surface area contributed by atoms with Crippen LogP contribution in [0, 0.1) is 0 Å². The Balaban J connectivity index is 1.89. The van der Waals surface area contributed by atoms with Crippen molar-refractivity contribution in [3.63, 3.8) is 0 Å². The number of hydrogen-bond donors (Lipinski definition) is 2. The largest absolute Gasteiger partial charge is 0.507 e. The van der Waals surface area contributed by atoms with Crippen LogP contribution in [0.3, 0.4) is 0 Å². The van der Waals surface area contributed by atoms with Gasteiger partial charge in [-0.1, -0.05) is 36.4 Å². The molecule has 0 atom stereocenters. The Bertz CT molecular complexity index is 951. The number of carbonyl (C=O) groups is 1. The number of amides is 1. The molecule has 0 saturated carbocycles. The van der Waals surface area contributed by atoms with E-state index in [2.05, 4.69) is 9.71 Å². The van der Waals surface area contributed by atoms with Crippen molar-refractivity contribution < 1.29 is 18.3 Å². The molecule has 0 aliphatic carbocycles. The minimum atomic E-state index is -3.90. The molecule has 3 rings (SSSR count). The lowest BCUT2D eigenvalue weighted by Crippen LogP contribution is -2.20. The predicted molar refractivity (Wildman–Crippen MR) is 92.9 cm³/mol. The van der Waals surface area contributed by atoms with Crippen LogP contribution < -0.4 is 5.32 Å². The average Bonchev–Trinajstić information content (AvgIpc) is 2.89. The lowest BCUT2D eigenvalue weighted by atomic mass is 10.2. The Morgan fingerprint density at radius 1 is 1.04 bits per heavy atom. The molecule has 0 radical (unpaired) electrons. The number of phenols is 1. The van der Waals surface area contributed by atoms with Crippen LogP contribution in [0.15, 0.2) is 68.8 Å². The van der Waals surface area contributed by atoms with E-state index in [0.29, 0.717) is 5.56 Å². The van der Waals surface area contributed by atoms with Crippen LogP contribution in [0.5, 0.6) is 5.75 Å². The summed E-state index contributed by atoms with van der Waals surface area (Å²) in [6.45, 7) is 0. The average molecular weight is 360 g/mol. The molecular formula is C16H12N2O4S2. The van der Waals surface area contributed by atoms with Crippen molar-refractivity contribution in [2.45, 2.75) is 4.90 Å². The van der Waals surface area contributed by atoms with Gasteiger partial charge in [-0.15, -0.1) is 4.40 Å². The monoisotopic (exact) mass is 360 g/mol. The van der Waals surface area contributed by atoms with E-state index in [-0.39, 0.29) is 20.7 Å². The molecule has 2 aromatic rings. The van der Waals surface area contributed by atoms with Gasteiger partial charge in [0.15, 0.2) is 5.17 Å². The zero-order valence-corrected chi connectivity index (χ0v) is 13.8. The molecule has 2 aromatic carbocycles. The van der Waals surface area contributed by atoms with Gasteiger partial charge in [-0.25, -0.2) is 0 Å². The van der Waals surface area contributed by atoms with Gasteiger partial charge in [0.05, 0.1) is 9.80 Å². The molecule has 2 N–H and O–H groups in total. The molecule has 24 heavy (non-hydrogen) atoms. The van der Waals surface area contributed by atoms with Gasteiger partial charge in [-0.2, -0.15) is 8.42 Å². The third kappa shape index (κ3) is 3.50. The second-order valence-electron chi connectivity index (χ2n) is 4.81. The smallest absolute Gasteiger partial charge is 0.284 e. The fourth-order valence-electron chi connectivity index (χ4n) is 1.98. The lowest BCUT2D eigenvalue weighted by molar-refractivity contribution is -0.115. The van der Waals surface area contributed by atoms with Crippen LogP contribution in [0.2, 0.25) is 0 Å². The van der Waals surface area contributed by atoms with E-state index in [1.54, 1.807) is 36.4 Å². The first-order chi connectivity index (χ1) is 11.5. The number of sulfonamides is 1. The lowest BCUT2D eigenvalue weighted by Gasteiger charge is -1.99. The molecule has 1 heterocycles. The van der Waals surface area contributed by atoms with Crippen LogP contribution in [0.4, 0.5) is 0 Å². The molecule has 0 spiro atoms. The maximum atomic E-state index is 12.2. The summed E-state index contributed by atoms with van der Waals surface area (Å²) in [5.74, 6) is -0.439. The maximum Gasteiger partial charge on any atom is 0.284 e. The molecule has 122 valence electrons. The number of carbonyl (C=O) groups excluding carboxylic acids is 1. The second-order valence-corrected chi connectivity index (χ2v) is 7.44. The summed E-state index contributed by atoms with van der Waals surface area (Å²) in [4.78, 5) is 12.3. The summed E-state index contributed by atoms with van der Waals surface area (Å²) in [5.41, 5.74) is 0.460. The predicted octanol–water partition coefficient (Wildman–Crippen LogP) is 2.34. The van der Waals surface area contributed by atoms with E-state index in [4.69, 9.17) is 0 Å². The van der Waals surface area contributed by atoms with Gasteiger partial charge in [0.25, 0.3) is 15.9 Å². The number of nitrogens with one attached hydrogen (secondary N) is 1. The van der Waals surface area contributed by atoms with Crippen LogP contribution in [0.25, 0.3) is 6.08 Å². The van der Waals surface area contributed by atoms with Crippen molar-refractivity contribution in [3.05, 3.63) is 65.1 Å². The Morgan fingerprint density at radius 3 is 2.42 bits per heavy atom. The Labute approximate surface area is 143 Å². The van der Waals surface area contributed by atoms with Gasteiger partial charge in [0.1, 0.15) is 5.75 Å². The standard InChI is InChI=1S/C16H12N2O4S2/c19-13-9-5-4-6-11(13)10-14-15(20)17-16(23-14)18-24(21,22)12-7-2-1-3-8-12/h1-10,19H,(H,17,18,20). The molecule has 0 unspecified atom stereocenters. The normalized spacial score (nSPS) is 18.1.